The highest BCUT2D eigenvalue weighted by Crippen LogP contribution is 2.37. The molecule has 1 aliphatic carbocycles. The summed E-state index contributed by atoms with van der Waals surface area (Å²) < 4.78 is 5.54. The first-order chi connectivity index (χ1) is 8.25. The molecule has 1 heterocycles. The van der Waals surface area contributed by atoms with Gasteiger partial charge in [0, 0.05) is 5.56 Å². The van der Waals surface area contributed by atoms with Gasteiger partial charge in [0.25, 0.3) is 0 Å². The second kappa shape index (κ2) is 4.04. The summed E-state index contributed by atoms with van der Waals surface area (Å²) in [4.78, 5) is 11.2. The highest BCUT2D eigenvalue weighted by molar-refractivity contribution is 5.74. The van der Waals surface area contributed by atoms with E-state index < -0.39 is 12.0 Å². The van der Waals surface area contributed by atoms with E-state index in [1.807, 2.05) is 24.3 Å². The van der Waals surface area contributed by atoms with Crippen LogP contribution in [-0.4, -0.2) is 23.7 Å². The van der Waals surface area contributed by atoms with Crippen molar-refractivity contribution in [2.24, 2.45) is 5.92 Å². The maximum Gasteiger partial charge on any atom is 0.321 e. The monoisotopic (exact) mass is 233 g/mol. The molecule has 1 fully saturated rings. The number of ether oxygens (including phenoxy) is 1. The van der Waals surface area contributed by atoms with E-state index in [4.69, 9.17) is 4.74 Å². The van der Waals surface area contributed by atoms with Crippen molar-refractivity contribution >= 4 is 5.97 Å². The van der Waals surface area contributed by atoms with Crippen molar-refractivity contribution in [1.29, 1.82) is 0 Å². The van der Waals surface area contributed by atoms with Gasteiger partial charge < -0.3 is 9.84 Å². The molecule has 1 aromatic carbocycles. The van der Waals surface area contributed by atoms with Crippen LogP contribution >= 0.6 is 0 Å². The number of hydrogen-bond donors (Lipinski definition) is 2. The van der Waals surface area contributed by atoms with E-state index in [1.165, 1.54) is 0 Å². The molecule has 3 rings (SSSR count). The largest absolute Gasteiger partial charge is 0.491 e. The van der Waals surface area contributed by atoms with Gasteiger partial charge >= 0.3 is 5.97 Å². The molecule has 0 aromatic heterocycles. The first kappa shape index (κ1) is 10.6. The Hall–Kier alpha value is -1.55. The summed E-state index contributed by atoms with van der Waals surface area (Å²) in [6, 6.07) is 7.37. The summed E-state index contributed by atoms with van der Waals surface area (Å²) in [5.41, 5.74) is 1.07. The molecule has 1 aromatic rings. The first-order valence-corrected chi connectivity index (χ1v) is 5.96. The van der Waals surface area contributed by atoms with Crippen molar-refractivity contribution in [2.75, 3.05) is 6.61 Å². The number of aliphatic carboxylic acids is 1. The number of rotatable bonds is 4. The van der Waals surface area contributed by atoms with Gasteiger partial charge in [0.2, 0.25) is 0 Å². The molecular formula is C13H15NO3. The fourth-order valence-corrected chi connectivity index (χ4v) is 2.36. The summed E-state index contributed by atoms with van der Waals surface area (Å²) in [6.07, 6.45) is 2.03. The Balaban J connectivity index is 1.76. The van der Waals surface area contributed by atoms with Gasteiger partial charge in [-0.15, -0.1) is 0 Å². The van der Waals surface area contributed by atoms with Crippen molar-refractivity contribution in [1.82, 2.24) is 5.32 Å². The number of benzene rings is 1. The molecule has 2 unspecified atom stereocenters. The maximum atomic E-state index is 11.2. The summed E-state index contributed by atoms with van der Waals surface area (Å²) in [5, 5.41) is 12.4. The highest BCUT2D eigenvalue weighted by Gasteiger charge is 2.39. The molecule has 2 atom stereocenters. The van der Waals surface area contributed by atoms with Gasteiger partial charge in [-0.2, -0.15) is 0 Å². The molecule has 1 aliphatic heterocycles. The van der Waals surface area contributed by atoms with Gasteiger partial charge in [-0.05, 0) is 24.8 Å². The number of carboxylic acids is 1. The molecule has 4 nitrogen and oxygen atoms in total. The SMILES string of the molecule is O=C(O)C(NC1COc2ccccc21)C1CC1. The van der Waals surface area contributed by atoms with E-state index in [-0.39, 0.29) is 6.04 Å². The fraction of sp³-hybridized carbons (Fsp3) is 0.462. The standard InChI is InChI=1S/C13H15NO3/c15-13(16)12(8-5-6-8)14-10-7-17-11-4-2-1-3-9(10)11/h1-4,8,10,12,14H,5-7H2,(H,15,16). The normalized spacial score (nSPS) is 23.9. The predicted molar refractivity (Wildman–Crippen MR) is 62.0 cm³/mol. The molecule has 0 saturated heterocycles. The van der Waals surface area contributed by atoms with Crippen LogP contribution in [0.3, 0.4) is 0 Å². The number of nitrogens with one attached hydrogen (secondary N) is 1. The van der Waals surface area contributed by atoms with Gasteiger partial charge in [-0.3, -0.25) is 10.1 Å². The highest BCUT2D eigenvalue weighted by atomic mass is 16.5. The van der Waals surface area contributed by atoms with Crippen molar-refractivity contribution in [2.45, 2.75) is 24.9 Å². The van der Waals surface area contributed by atoms with Crippen LogP contribution in [0.15, 0.2) is 24.3 Å². The Morgan fingerprint density at radius 1 is 1.41 bits per heavy atom. The van der Waals surface area contributed by atoms with Gasteiger partial charge in [-0.1, -0.05) is 18.2 Å². The minimum atomic E-state index is -0.753. The molecule has 0 bridgehead atoms. The second-order valence-electron chi connectivity index (χ2n) is 4.72. The van der Waals surface area contributed by atoms with Crippen LogP contribution in [-0.2, 0) is 4.79 Å². The lowest BCUT2D eigenvalue weighted by Crippen LogP contribution is -2.41. The minimum Gasteiger partial charge on any atom is -0.491 e. The average Bonchev–Trinajstić information content (AvgIpc) is 3.07. The zero-order valence-electron chi connectivity index (χ0n) is 9.43. The Morgan fingerprint density at radius 2 is 2.18 bits per heavy atom. The molecule has 0 radical (unpaired) electrons. The van der Waals surface area contributed by atoms with Gasteiger partial charge in [-0.25, -0.2) is 0 Å². The quantitative estimate of drug-likeness (QED) is 0.828. The van der Waals surface area contributed by atoms with Crippen LogP contribution in [0.4, 0.5) is 0 Å². The van der Waals surface area contributed by atoms with Crippen LogP contribution in [0.25, 0.3) is 0 Å². The summed E-state index contributed by atoms with van der Waals surface area (Å²) in [6.45, 7) is 0.524. The molecule has 1 saturated carbocycles. The van der Waals surface area contributed by atoms with Crippen LogP contribution in [0.2, 0.25) is 0 Å². The topological polar surface area (TPSA) is 58.6 Å². The smallest absolute Gasteiger partial charge is 0.321 e. The zero-order valence-corrected chi connectivity index (χ0v) is 9.43. The van der Waals surface area contributed by atoms with E-state index in [1.54, 1.807) is 0 Å². The molecular weight excluding hydrogens is 218 g/mol. The number of carboxylic acid groups (broad SMARTS) is 1. The number of hydrogen-bond acceptors (Lipinski definition) is 3. The summed E-state index contributed by atoms with van der Waals surface area (Å²) >= 11 is 0. The number of carbonyl (C=O) groups is 1. The molecule has 2 aliphatic rings. The van der Waals surface area contributed by atoms with Gasteiger partial charge in [0.15, 0.2) is 0 Å². The first-order valence-electron chi connectivity index (χ1n) is 5.96. The zero-order chi connectivity index (χ0) is 11.8. The van der Waals surface area contributed by atoms with E-state index in [2.05, 4.69) is 5.32 Å². The van der Waals surface area contributed by atoms with Crippen LogP contribution in [0.1, 0.15) is 24.4 Å². The fourth-order valence-electron chi connectivity index (χ4n) is 2.36. The van der Waals surface area contributed by atoms with Gasteiger partial charge in [0.1, 0.15) is 18.4 Å². The lowest BCUT2D eigenvalue weighted by atomic mass is 10.1. The average molecular weight is 233 g/mol. The summed E-state index contributed by atoms with van der Waals surface area (Å²) in [5.74, 6) is 0.405. The van der Waals surface area contributed by atoms with Crippen molar-refractivity contribution in [3.05, 3.63) is 29.8 Å². The van der Waals surface area contributed by atoms with E-state index >= 15 is 0 Å². The minimum absolute atomic E-state index is 0.00731. The van der Waals surface area contributed by atoms with Crippen LogP contribution in [0, 0.1) is 5.92 Å². The Labute approximate surface area is 99.6 Å². The second-order valence-corrected chi connectivity index (χ2v) is 4.72. The molecule has 0 amide bonds. The maximum absolute atomic E-state index is 11.2. The van der Waals surface area contributed by atoms with Crippen molar-refractivity contribution < 1.29 is 14.6 Å². The lowest BCUT2D eigenvalue weighted by molar-refractivity contribution is -0.140. The van der Waals surface area contributed by atoms with Crippen LogP contribution in [0.5, 0.6) is 5.75 Å². The Kier molecular flexibility index (Phi) is 2.52. The van der Waals surface area contributed by atoms with Crippen LogP contribution < -0.4 is 10.1 Å². The molecule has 90 valence electrons. The molecule has 17 heavy (non-hydrogen) atoms. The number of para-hydroxylation sites is 1. The third-order valence-electron chi connectivity index (χ3n) is 3.44. The molecule has 0 spiro atoms. The van der Waals surface area contributed by atoms with Gasteiger partial charge in [0.05, 0.1) is 6.04 Å². The van der Waals surface area contributed by atoms with E-state index in [9.17, 15) is 9.90 Å². The molecule has 2 N–H and O–H groups in total. The third kappa shape index (κ3) is 2.00. The Bertz CT molecular complexity index is 442. The lowest BCUT2D eigenvalue weighted by Gasteiger charge is -2.18. The number of fused-ring (bicyclic) bond motifs is 1. The van der Waals surface area contributed by atoms with Crippen molar-refractivity contribution in [3.63, 3.8) is 0 Å². The third-order valence-corrected chi connectivity index (χ3v) is 3.44. The molecule has 4 heteroatoms. The van der Waals surface area contributed by atoms with Crippen molar-refractivity contribution in [3.8, 4) is 5.75 Å². The summed E-state index contributed by atoms with van der Waals surface area (Å²) in [7, 11) is 0. The predicted octanol–water partition coefficient (Wildman–Crippen LogP) is 1.57. The Morgan fingerprint density at radius 3 is 2.88 bits per heavy atom. The van der Waals surface area contributed by atoms with E-state index in [0.29, 0.717) is 12.5 Å². The van der Waals surface area contributed by atoms with E-state index in [0.717, 1.165) is 24.2 Å².